The van der Waals surface area contributed by atoms with E-state index in [0.717, 1.165) is 6.54 Å². The molecule has 112 valence electrons. The van der Waals surface area contributed by atoms with Gasteiger partial charge in [-0.25, -0.2) is 0 Å². The van der Waals surface area contributed by atoms with Crippen molar-refractivity contribution in [2.24, 2.45) is 0 Å². The molecule has 0 N–H and O–H groups in total. The Labute approximate surface area is 133 Å². The standard InChI is InChI=1S/C18H22B2NO/c1-20(19)21-14-8-13-17(21)18(22-20,15-9-4-2-5-10-15)16-11-6-3-7-12-16/h2-7,9-12,17H,8,13-14,19H2,1H3/q-1/t17-,20?/m1/s1. The van der Waals surface area contributed by atoms with Crippen LogP contribution in [-0.2, 0) is 10.3 Å². The maximum Gasteiger partial charge on any atom is 0.142 e. The highest BCUT2D eigenvalue weighted by Crippen LogP contribution is 2.51. The maximum absolute atomic E-state index is 6.86. The zero-order valence-corrected chi connectivity index (χ0v) is 13.4. The summed E-state index contributed by atoms with van der Waals surface area (Å²) in [6.07, 6.45) is 1.51. The molecule has 2 nitrogen and oxygen atoms in total. The molecule has 0 aliphatic carbocycles. The second kappa shape index (κ2) is 5.00. The van der Waals surface area contributed by atoms with E-state index < -0.39 is 6.37 Å². The van der Waals surface area contributed by atoms with Crippen molar-refractivity contribution < 1.29 is 4.65 Å². The summed E-state index contributed by atoms with van der Waals surface area (Å²) in [7, 11) is 2.27. The van der Waals surface area contributed by atoms with Crippen LogP contribution in [0.25, 0.3) is 0 Å². The summed E-state index contributed by atoms with van der Waals surface area (Å²) >= 11 is 0. The van der Waals surface area contributed by atoms with Gasteiger partial charge in [0.1, 0.15) is 6.37 Å². The number of rotatable bonds is 2. The van der Waals surface area contributed by atoms with E-state index in [9.17, 15) is 0 Å². The molecule has 0 saturated carbocycles. The largest absolute Gasteiger partial charge is 0.571 e. The Morgan fingerprint density at radius 1 is 1.05 bits per heavy atom. The first-order chi connectivity index (χ1) is 10.6. The third-order valence-corrected chi connectivity index (χ3v) is 5.44. The zero-order valence-electron chi connectivity index (χ0n) is 13.4. The average Bonchev–Trinajstić information content (AvgIpc) is 3.12. The molecule has 0 spiro atoms. The lowest BCUT2D eigenvalue weighted by Crippen LogP contribution is -2.49. The van der Waals surface area contributed by atoms with E-state index in [1.165, 1.54) is 24.0 Å². The summed E-state index contributed by atoms with van der Waals surface area (Å²) in [6.45, 7) is 3.42. The molecule has 0 aromatic heterocycles. The first-order valence-electron chi connectivity index (χ1n) is 8.45. The van der Waals surface area contributed by atoms with Crippen LogP contribution >= 0.6 is 0 Å². The van der Waals surface area contributed by atoms with Crippen molar-refractivity contribution in [2.75, 3.05) is 6.54 Å². The lowest BCUT2D eigenvalue weighted by Gasteiger charge is -2.41. The van der Waals surface area contributed by atoms with Gasteiger partial charge < -0.3 is 9.47 Å². The SMILES string of the molecule is B[B-]1(C)OC(c2ccccc2)(c2ccccc2)[C@H]2CCCN21. The molecular weight excluding hydrogens is 268 g/mol. The van der Waals surface area contributed by atoms with Gasteiger partial charge in [-0.15, -0.1) is 0 Å². The smallest absolute Gasteiger partial charge is 0.142 e. The molecule has 2 atom stereocenters. The van der Waals surface area contributed by atoms with Crippen molar-refractivity contribution in [1.29, 1.82) is 0 Å². The summed E-state index contributed by atoms with van der Waals surface area (Å²) in [5.41, 5.74) is 2.24. The second-order valence-electron chi connectivity index (χ2n) is 7.15. The molecule has 4 rings (SSSR count). The van der Waals surface area contributed by atoms with Crippen LogP contribution in [0.5, 0.6) is 0 Å². The van der Waals surface area contributed by atoms with Crippen LogP contribution in [0.2, 0.25) is 6.82 Å². The van der Waals surface area contributed by atoms with Crippen LogP contribution < -0.4 is 0 Å². The zero-order chi connectivity index (χ0) is 15.2. The molecule has 2 saturated heterocycles. The highest BCUT2D eigenvalue weighted by atomic mass is 16.5. The molecule has 2 heterocycles. The molecule has 2 aliphatic rings. The van der Waals surface area contributed by atoms with E-state index in [4.69, 9.17) is 4.65 Å². The van der Waals surface area contributed by atoms with Crippen LogP contribution in [0.4, 0.5) is 0 Å². The molecule has 0 bridgehead atoms. The van der Waals surface area contributed by atoms with E-state index in [-0.39, 0.29) is 5.60 Å². The third-order valence-electron chi connectivity index (χ3n) is 5.44. The average molecular weight is 290 g/mol. The van der Waals surface area contributed by atoms with Crippen molar-refractivity contribution in [1.82, 2.24) is 4.81 Å². The minimum Gasteiger partial charge on any atom is -0.571 e. The Bertz CT molecular complexity index is 620. The number of hydrogen-bond acceptors (Lipinski definition) is 2. The van der Waals surface area contributed by atoms with E-state index >= 15 is 0 Å². The Morgan fingerprint density at radius 2 is 1.59 bits per heavy atom. The Balaban J connectivity index is 1.95. The Morgan fingerprint density at radius 3 is 2.14 bits per heavy atom. The van der Waals surface area contributed by atoms with Crippen LogP contribution in [0.15, 0.2) is 60.7 Å². The highest BCUT2D eigenvalue weighted by Gasteiger charge is 2.54. The summed E-state index contributed by atoms with van der Waals surface area (Å²) in [5, 5.41) is 0. The van der Waals surface area contributed by atoms with Crippen molar-refractivity contribution >= 4 is 14.1 Å². The van der Waals surface area contributed by atoms with Crippen LogP contribution in [0, 0.1) is 0 Å². The molecule has 2 fully saturated rings. The van der Waals surface area contributed by atoms with E-state index in [1.807, 2.05) is 0 Å². The fourth-order valence-electron chi connectivity index (χ4n) is 4.63. The van der Waals surface area contributed by atoms with Gasteiger partial charge in [0.15, 0.2) is 0 Å². The van der Waals surface area contributed by atoms with E-state index in [2.05, 4.69) is 80.0 Å². The van der Waals surface area contributed by atoms with Gasteiger partial charge in [-0.3, -0.25) is 0 Å². The van der Waals surface area contributed by atoms with Crippen molar-refractivity contribution in [3.63, 3.8) is 0 Å². The van der Waals surface area contributed by atoms with Gasteiger partial charge in [0.05, 0.1) is 5.60 Å². The van der Waals surface area contributed by atoms with E-state index in [1.54, 1.807) is 0 Å². The predicted molar refractivity (Wildman–Crippen MR) is 94.6 cm³/mol. The fourth-order valence-corrected chi connectivity index (χ4v) is 4.63. The minimum absolute atomic E-state index is 0.331. The maximum atomic E-state index is 6.86. The molecule has 22 heavy (non-hydrogen) atoms. The van der Waals surface area contributed by atoms with Gasteiger partial charge in [0.2, 0.25) is 0 Å². The number of hydrogen-bond donors (Lipinski definition) is 0. The molecule has 2 aliphatic heterocycles. The molecule has 0 radical (unpaired) electrons. The van der Waals surface area contributed by atoms with Gasteiger partial charge >= 0.3 is 0 Å². The lowest BCUT2D eigenvalue weighted by molar-refractivity contribution is 0.104. The quantitative estimate of drug-likeness (QED) is 0.788. The minimum atomic E-state index is -0.953. The van der Waals surface area contributed by atoms with E-state index in [0.29, 0.717) is 6.04 Å². The Hall–Kier alpha value is -1.51. The molecule has 2 aromatic rings. The first kappa shape index (κ1) is 14.1. The summed E-state index contributed by atoms with van der Waals surface area (Å²) < 4.78 is 6.86. The van der Waals surface area contributed by atoms with Gasteiger partial charge in [-0.2, -0.15) is 6.82 Å². The van der Waals surface area contributed by atoms with Crippen molar-refractivity contribution in [3.8, 4) is 0 Å². The van der Waals surface area contributed by atoms with Gasteiger partial charge in [0.25, 0.3) is 0 Å². The second-order valence-corrected chi connectivity index (χ2v) is 7.15. The molecule has 0 amide bonds. The first-order valence-corrected chi connectivity index (χ1v) is 8.45. The van der Waals surface area contributed by atoms with Gasteiger partial charge in [-0.05, 0) is 38.3 Å². The number of fused-ring (bicyclic) bond motifs is 1. The monoisotopic (exact) mass is 290 g/mol. The van der Waals surface area contributed by atoms with Crippen LogP contribution in [-0.4, -0.2) is 31.5 Å². The number of nitrogens with zero attached hydrogens (tertiary/aromatic N) is 1. The van der Waals surface area contributed by atoms with Crippen molar-refractivity contribution in [2.45, 2.75) is 31.3 Å². The molecule has 1 unspecified atom stereocenters. The highest BCUT2D eigenvalue weighted by molar-refractivity contribution is 7.11. The van der Waals surface area contributed by atoms with Crippen LogP contribution in [0.3, 0.4) is 0 Å². The lowest BCUT2D eigenvalue weighted by atomic mass is 9.34. The Kier molecular flexibility index (Phi) is 3.21. The molecule has 2 aromatic carbocycles. The predicted octanol–water partition coefficient (Wildman–Crippen LogP) is 2.63. The summed E-state index contributed by atoms with van der Waals surface area (Å²) in [4.78, 5) is 2.61. The van der Waals surface area contributed by atoms with Gasteiger partial charge in [-0.1, -0.05) is 60.7 Å². The summed E-state index contributed by atoms with van der Waals surface area (Å²) in [6, 6.07) is 22.0. The van der Waals surface area contributed by atoms with Crippen LogP contribution in [0.1, 0.15) is 24.0 Å². The number of benzene rings is 2. The topological polar surface area (TPSA) is 12.5 Å². The summed E-state index contributed by atoms with van der Waals surface area (Å²) in [5.74, 6) is 0. The normalized spacial score (nSPS) is 30.3. The fraction of sp³-hybridized carbons (Fsp3) is 0.333. The third kappa shape index (κ3) is 1.90. The molecule has 4 heteroatoms. The molecular formula is C18H22B2NO-. The van der Waals surface area contributed by atoms with Gasteiger partial charge in [0, 0.05) is 6.04 Å². The van der Waals surface area contributed by atoms with Crippen molar-refractivity contribution in [3.05, 3.63) is 71.8 Å².